The standard InChI is InChI=1S/C17H29N3O/c21-17-9-5-4-6-14(17)12-18-13-15-10-11-20(19-15)16-7-2-1-3-8-16/h10-11,14,16-18,21H,1-9,12-13H2. The van der Waals surface area contributed by atoms with Gasteiger partial charge in [-0.25, -0.2) is 0 Å². The zero-order valence-corrected chi connectivity index (χ0v) is 13.0. The van der Waals surface area contributed by atoms with Crippen molar-refractivity contribution in [1.29, 1.82) is 0 Å². The van der Waals surface area contributed by atoms with Crippen LogP contribution in [0, 0.1) is 5.92 Å². The lowest BCUT2D eigenvalue weighted by molar-refractivity contribution is 0.0694. The molecule has 2 fully saturated rings. The van der Waals surface area contributed by atoms with Crippen molar-refractivity contribution in [2.24, 2.45) is 5.92 Å². The Hall–Kier alpha value is -0.870. The van der Waals surface area contributed by atoms with Gasteiger partial charge in [-0.05, 0) is 37.7 Å². The van der Waals surface area contributed by atoms with Gasteiger partial charge in [0, 0.05) is 19.3 Å². The second-order valence-electron chi connectivity index (χ2n) is 6.82. The van der Waals surface area contributed by atoms with E-state index >= 15 is 0 Å². The number of nitrogens with one attached hydrogen (secondary N) is 1. The van der Waals surface area contributed by atoms with E-state index in [4.69, 9.17) is 5.10 Å². The van der Waals surface area contributed by atoms with Crippen LogP contribution in [0.2, 0.25) is 0 Å². The van der Waals surface area contributed by atoms with E-state index in [9.17, 15) is 5.11 Å². The summed E-state index contributed by atoms with van der Waals surface area (Å²) >= 11 is 0. The second kappa shape index (κ2) is 7.41. The van der Waals surface area contributed by atoms with Gasteiger partial charge in [0.2, 0.25) is 0 Å². The summed E-state index contributed by atoms with van der Waals surface area (Å²) < 4.78 is 2.17. The van der Waals surface area contributed by atoms with Gasteiger partial charge in [0.15, 0.2) is 0 Å². The smallest absolute Gasteiger partial charge is 0.0762 e. The van der Waals surface area contributed by atoms with Crippen LogP contribution in [0.1, 0.15) is 69.5 Å². The van der Waals surface area contributed by atoms with Crippen LogP contribution in [0.4, 0.5) is 0 Å². The summed E-state index contributed by atoms with van der Waals surface area (Å²) in [7, 11) is 0. The van der Waals surface area contributed by atoms with Gasteiger partial charge in [0.1, 0.15) is 0 Å². The molecule has 4 heteroatoms. The van der Waals surface area contributed by atoms with Crippen molar-refractivity contribution in [3.63, 3.8) is 0 Å². The summed E-state index contributed by atoms with van der Waals surface area (Å²) in [6, 6.07) is 2.76. The zero-order valence-electron chi connectivity index (χ0n) is 13.0. The molecule has 21 heavy (non-hydrogen) atoms. The Morgan fingerprint density at radius 1 is 1.10 bits per heavy atom. The molecule has 2 saturated carbocycles. The molecule has 2 aliphatic rings. The fraction of sp³-hybridized carbons (Fsp3) is 0.824. The average molecular weight is 291 g/mol. The van der Waals surface area contributed by atoms with Crippen LogP contribution in [0.15, 0.2) is 12.3 Å². The lowest BCUT2D eigenvalue weighted by atomic mass is 9.86. The van der Waals surface area contributed by atoms with Gasteiger partial charge in [0.05, 0.1) is 17.8 Å². The quantitative estimate of drug-likeness (QED) is 0.876. The van der Waals surface area contributed by atoms with Gasteiger partial charge in [-0.1, -0.05) is 32.1 Å². The highest BCUT2D eigenvalue weighted by Gasteiger charge is 2.22. The molecule has 0 saturated heterocycles. The maximum Gasteiger partial charge on any atom is 0.0762 e. The lowest BCUT2D eigenvalue weighted by Gasteiger charge is -2.27. The van der Waals surface area contributed by atoms with Crippen molar-refractivity contribution in [3.05, 3.63) is 18.0 Å². The van der Waals surface area contributed by atoms with Crippen LogP contribution in [0.5, 0.6) is 0 Å². The Morgan fingerprint density at radius 3 is 2.67 bits per heavy atom. The summed E-state index contributed by atoms with van der Waals surface area (Å²) in [6.07, 6.45) is 13.3. The molecule has 3 rings (SSSR count). The molecule has 2 unspecified atom stereocenters. The summed E-state index contributed by atoms with van der Waals surface area (Å²) in [5.41, 5.74) is 1.13. The van der Waals surface area contributed by atoms with E-state index in [1.54, 1.807) is 0 Å². The normalized spacial score (nSPS) is 27.9. The Balaban J connectivity index is 1.44. The molecule has 118 valence electrons. The minimum absolute atomic E-state index is 0.106. The molecule has 0 spiro atoms. The van der Waals surface area contributed by atoms with Gasteiger partial charge in [-0.2, -0.15) is 5.10 Å². The minimum Gasteiger partial charge on any atom is -0.393 e. The van der Waals surface area contributed by atoms with Gasteiger partial charge in [0.25, 0.3) is 0 Å². The largest absolute Gasteiger partial charge is 0.393 e. The van der Waals surface area contributed by atoms with Crippen LogP contribution >= 0.6 is 0 Å². The monoisotopic (exact) mass is 291 g/mol. The first kappa shape index (κ1) is 15.0. The molecule has 0 aromatic carbocycles. The van der Waals surface area contributed by atoms with E-state index in [2.05, 4.69) is 22.3 Å². The molecule has 1 heterocycles. The third kappa shape index (κ3) is 4.07. The number of aliphatic hydroxyl groups excluding tert-OH is 1. The summed E-state index contributed by atoms with van der Waals surface area (Å²) in [6.45, 7) is 1.74. The predicted octanol–water partition coefficient (Wildman–Crippen LogP) is 3.03. The van der Waals surface area contributed by atoms with Crippen molar-refractivity contribution in [2.75, 3.05) is 6.54 Å². The van der Waals surface area contributed by atoms with Gasteiger partial charge >= 0.3 is 0 Å². The Labute approximate surface area is 127 Å². The Bertz CT molecular complexity index is 425. The van der Waals surface area contributed by atoms with E-state index in [1.807, 2.05) is 0 Å². The van der Waals surface area contributed by atoms with Gasteiger partial charge in [-0.15, -0.1) is 0 Å². The van der Waals surface area contributed by atoms with Gasteiger partial charge < -0.3 is 10.4 Å². The van der Waals surface area contributed by atoms with Crippen molar-refractivity contribution in [2.45, 2.75) is 76.5 Å². The number of hydrogen-bond acceptors (Lipinski definition) is 3. The molecule has 4 nitrogen and oxygen atoms in total. The first-order valence-electron chi connectivity index (χ1n) is 8.76. The van der Waals surface area contributed by atoms with Crippen LogP contribution in [0.25, 0.3) is 0 Å². The van der Waals surface area contributed by atoms with E-state index in [0.29, 0.717) is 12.0 Å². The highest BCUT2D eigenvalue weighted by atomic mass is 16.3. The number of nitrogens with zero attached hydrogens (tertiary/aromatic N) is 2. The average Bonchev–Trinajstić information content (AvgIpc) is 2.99. The molecule has 1 aromatic rings. The highest BCUT2D eigenvalue weighted by molar-refractivity contribution is 5.00. The van der Waals surface area contributed by atoms with Crippen LogP contribution in [-0.4, -0.2) is 27.5 Å². The first-order valence-corrected chi connectivity index (χ1v) is 8.76. The molecule has 0 aliphatic heterocycles. The summed E-state index contributed by atoms with van der Waals surface area (Å²) in [5, 5.41) is 18.2. The number of rotatable bonds is 5. The van der Waals surface area contributed by atoms with Crippen molar-refractivity contribution < 1.29 is 5.11 Å². The van der Waals surface area contributed by atoms with E-state index < -0.39 is 0 Å². The summed E-state index contributed by atoms with van der Waals surface area (Å²) in [4.78, 5) is 0. The fourth-order valence-electron chi connectivity index (χ4n) is 3.83. The fourth-order valence-corrected chi connectivity index (χ4v) is 3.83. The Morgan fingerprint density at radius 2 is 1.86 bits per heavy atom. The maximum atomic E-state index is 9.98. The minimum atomic E-state index is -0.106. The molecular formula is C17H29N3O. The number of hydrogen-bond donors (Lipinski definition) is 2. The van der Waals surface area contributed by atoms with Crippen molar-refractivity contribution >= 4 is 0 Å². The zero-order chi connectivity index (χ0) is 14.5. The third-order valence-corrected chi connectivity index (χ3v) is 5.19. The topological polar surface area (TPSA) is 50.1 Å². The van der Waals surface area contributed by atoms with Crippen molar-refractivity contribution in [3.8, 4) is 0 Å². The van der Waals surface area contributed by atoms with E-state index in [-0.39, 0.29) is 6.10 Å². The molecule has 2 N–H and O–H groups in total. The van der Waals surface area contributed by atoms with E-state index in [1.165, 1.54) is 44.9 Å². The lowest BCUT2D eigenvalue weighted by Crippen LogP contribution is -2.33. The molecule has 2 atom stereocenters. The van der Waals surface area contributed by atoms with Crippen LogP contribution in [-0.2, 0) is 6.54 Å². The second-order valence-corrected chi connectivity index (χ2v) is 6.82. The molecule has 0 bridgehead atoms. The highest BCUT2D eigenvalue weighted by Crippen LogP contribution is 2.27. The Kier molecular flexibility index (Phi) is 5.31. The SMILES string of the molecule is OC1CCCCC1CNCc1ccn(C2CCCCC2)n1. The molecule has 1 aromatic heterocycles. The molecular weight excluding hydrogens is 262 g/mol. The van der Waals surface area contributed by atoms with Crippen LogP contribution in [0.3, 0.4) is 0 Å². The molecule has 0 radical (unpaired) electrons. The van der Waals surface area contributed by atoms with Gasteiger partial charge in [-0.3, -0.25) is 4.68 Å². The van der Waals surface area contributed by atoms with E-state index in [0.717, 1.165) is 31.6 Å². The maximum absolute atomic E-state index is 9.98. The molecule has 2 aliphatic carbocycles. The summed E-state index contributed by atoms with van der Waals surface area (Å²) in [5.74, 6) is 0.430. The van der Waals surface area contributed by atoms with Crippen molar-refractivity contribution in [1.82, 2.24) is 15.1 Å². The third-order valence-electron chi connectivity index (χ3n) is 5.19. The van der Waals surface area contributed by atoms with Crippen LogP contribution < -0.4 is 5.32 Å². The predicted molar refractivity (Wildman–Crippen MR) is 84.0 cm³/mol. The first-order chi connectivity index (χ1) is 10.3. The molecule has 0 amide bonds. The number of aromatic nitrogens is 2. The number of aliphatic hydroxyl groups is 1.